The number of aliphatic hydroxyl groups excluding tert-OH is 1. The first-order valence-electron chi connectivity index (χ1n) is 13.0. The first-order valence-corrected chi connectivity index (χ1v) is 13.8. The van der Waals surface area contributed by atoms with Crippen LogP contribution in [0.15, 0.2) is 60.7 Å². The van der Waals surface area contributed by atoms with Crippen LogP contribution in [-0.4, -0.2) is 55.9 Å². The van der Waals surface area contributed by atoms with Gasteiger partial charge in [0.1, 0.15) is 6.04 Å². The van der Waals surface area contributed by atoms with Crippen LogP contribution < -0.4 is 10.6 Å². The highest BCUT2D eigenvalue weighted by molar-refractivity contribution is 8.02. The SMILES string of the molecule is CC(C)NC(=O)C1N([C@H](CO)c2ccccc2)C(=O)[C@@H]2[C@H](C(=O)NCc3ccccc3)[C@]3(C)CCC12S3. The lowest BCUT2D eigenvalue weighted by Crippen LogP contribution is -2.55. The number of hydrogen-bond donors (Lipinski definition) is 3. The third-order valence-corrected chi connectivity index (χ3v) is 10.2. The monoisotopic (exact) mass is 521 g/mol. The third-order valence-electron chi connectivity index (χ3n) is 8.18. The third kappa shape index (κ3) is 4.24. The Morgan fingerprint density at radius 1 is 1.05 bits per heavy atom. The summed E-state index contributed by atoms with van der Waals surface area (Å²) in [5, 5.41) is 16.6. The molecule has 0 radical (unpaired) electrons. The molecule has 8 heteroatoms. The predicted octanol–water partition coefficient (Wildman–Crippen LogP) is 3.04. The summed E-state index contributed by atoms with van der Waals surface area (Å²) in [4.78, 5) is 43.4. The smallest absolute Gasteiger partial charge is 0.244 e. The fourth-order valence-electron chi connectivity index (χ4n) is 6.69. The number of aliphatic hydroxyl groups is 1. The summed E-state index contributed by atoms with van der Waals surface area (Å²) in [6.07, 6.45) is 1.42. The average Bonchev–Trinajstić information content (AvgIpc) is 3.45. The van der Waals surface area contributed by atoms with Gasteiger partial charge >= 0.3 is 0 Å². The summed E-state index contributed by atoms with van der Waals surface area (Å²) < 4.78 is -1.16. The van der Waals surface area contributed by atoms with Gasteiger partial charge in [0.2, 0.25) is 17.7 Å². The topological polar surface area (TPSA) is 98.7 Å². The summed E-state index contributed by atoms with van der Waals surface area (Å²) in [6.45, 7) is 5.93. The number of carbonyl (C=O) groups is 3. The zero-order chi connectivity index (χ0) is 26.4. The fourth-order valence-corrected chi connectivity index (χ4v) is 9.03. The largest absolute Gasteiger partial charge is 0.394 e. The number of rotatable bonds is 8. The van der Waals surface area contributed by atoms with Gasteiger partial charge in [-0.15, -0.1) is 11.8 Å². The van der Waals surface area contributed by atoms with Crippen LogP contribution >= 0.6 is 11.8 Å². The van der Waals surface area contributed by atoms with E-state index in [2.05, 4.69) is 17.6 Å². The molecule has 2 aromatic rings. The van der Waals surface area contributed by atoms with Gasteiger partial charge < -0.3 is 20.6 Å². The highest BCUT2D eigenvalue weighted by Gasteiger charge is 2.77. The Bertz CT molecular complexity index is 1180. The van der Waals surface area contributed by atoms with Crippen molar-refractivity contribution in [2.24, 2.45) is 11.8 Å². The van der Waals surface area contributed by atoms with E-state index in [-0.39, 0.29) is 30.4 Å². The fraction of sp³-hybridized carbons (Fsp3) is 0.483. The minimum absolute atomic E-state index is 0.103. The highest BCUT2D eigenvalue weighted by Crippen LogP contribution is 2.72. The van der Waals surface area contributed by atoms with E-state index in [1.165, 1.54) is 0 Å². The maximum atomic E-state index is 14.3. The number of nitrogens with one attached hydrogen (secondary N) is 2. The molecule has 2 aromatic carbocycles. The normalized spacial score (nSPS) is 30.9. The number of amides is 3. The maximum Gasteiger partial charge on any atom is 0.244 e. The molecular formula is C29H35N3O4S. The van der Waals surface area contributed by atoms with Crippen molar-refractivity contribution in [1.29, 1.82) is 0 Å². The number of benzene rings is 2. The zero-order valence-electron chi connectivity index (χ0n) is 21.5. The molecule has 3 N–H and O–H groups in total. The molecule has 0 aromatic heterocycles. The predicted molar refractivity (Wildman–Crippen MR) is 143 cm³/mol. The standard InChI is InChI=1S/C29H35N3O4S/c1-18(2)31-26(35)24-29-15-14-28(3,37-29)22(25(34)30-16-19-10-6-4-7-11-19)23(29)27(36)32(24)21(17-33)20-12-8-5-9-13-20/h4-13,18,21-24,33H,14-17H2,1-3H3,(H,30,34)(H,31,35)/t21-,22-,23+,24?,28+,29?/m1/s1. The molecule has 2 unspecified atom stereocenters. The van der Waals surface area contributed by atoms with E-state index < -0.39 is 33.4 Å². The molecule has 5 rings (SSSR count). The summed E-state index contributed by atoms with van der Waals surface area (Å²) in [5.41, 5.74) is 1.76. The molecule has 0 aliphatic carbocycles. The van der Waals surface area contributed by atoms with Gasteiger partial charge in [-0.05, 0) is 44.7 Å². The van der Waals surface area contributed by atoms with E-state index >= 15 is 0 Å². The van der Waals surface area contributed by atoms with Gasteiger partial charge in [-0.1, -0.05) is 60.7 Å². The first-order chi connectivity index (χ1) is 17.7. The summed E-state index contributed by atoms with van der Waals surface area (Å²) in [6, 6.07) is 17.5. The Kier molecular flexibility index (Phi) is 6.83. The number of fused-ring (bicyclic) bond motifs is 1. The molecule has 2 bridgehead atoms. The van der Waals surface area contributed by atoms with Crippen molar-refractivity contribution in [3.05, 3.63) is 71.8 Å². The Morgan fingerprint density at radius 2 is 1.70 bits per heavy atom. The van der Waals surface area contributed by atoms with Gasteiger partial charge in [-0.25, -0.2) is 0 Å². The molecule has 3 fully saturated rings. The molecule has 3 amide bonds. The Balaban J connectivity index is 1.53. The second kappa shape index (κ2) is 9.80. The van der Waals surface area contributed by atoms with Gasteiger partial charge in [-0.3, -0.25) is 14.4 Å². The van der Waals surface area contributed by atoms with Crippen molar-refractivity contribution in [3.63, 3.8) is 0 Å². The van der Waals surface area contributed by atoms with Crippen LogP contribution in [0.1, 0.15) is 50.8 Å². The van der Waals surface area contributed by atoms with Crippen LogP contribution in [0, 0.1) is 11.8 Å². The van der Waals surface area contributed by atoms with E-state index in [0.717, 1.165) is 17.5 Å². The minimum atomic E-state index is -0.775. The molecule has 3 heterocycles. The van der Waals surface area contributed by atoms with Gasteiger partial charge in [0.25, 0.3) is 0 Å². The van der Waals surface area contributed by atoms with E-state index in [1.54, 1.807) is 16.7 Å². The minimum Gasteiger partial charge on any atom is -0.394 e. The van der Waals surface area contributed by atoms with Crippen molar-refractivity contribution in [3.8, 4) is 0 Å². The second-order valence-electron chi connectivity index (χ2n) is 10.9. The maximum absolute atomic E-state index is 14.3. The van der Waals surface area contributed by atoms with Gasteiger partial charge in [0.05, 0.1) is 29.2 Å². The van der Waals surface area contributed by atoms with Crippen LogP contribution in [0.2, 0.25) is 0 Å². The quantitative estimate of drug-likeness (QED) is 0.496. The second-order valence-corrected chi connectivity index (χ2v) is 12.8. The Morgan fingerprint density at radius 3 is 2.32 bits per heavy atom. The Labute approximate surface area is 222 Å². The lowest BCUT2D eigenvalue weighted by atomic mass is 9.66. The molecule has 3 aliphatic rings. The van der Waals surface area contributed by atoms with Crippen molar-refractivity contribution in [2.75, 3.05) is 6.61 Å². The van der Waals surface area contributed by atoms with Gasteiger partial charge in [-0.2, -0.15) is 0 Å². The van der Waals surface area contributed by atoms with Gasteiger partial charge in [0.15, 0.2) is 0 Å². The molecule has 6 atom stereocenters. The molecular weight excluding hydrogens is 486 g/mol. The number of thioether (sulfide) groups is 1. The highest BCUT2D eigenvalue weighted by atomic mass is 32.2. The van der Waals surface area contributed by atoms with Crippen molar-refractivity contribution >= 4 is 29.5 Å². The number of likely N-dealkylation sites (tertiary alicyclic amines) is 1. The van der Waals surface area contributed by atoms with E-state index in [9.17, 15) is 19.5 Å². The molecule has 7 nitrogen and oxygen atoms in total. The van der Waals surface area contributed by atoms with Crippen LogP contribution in [0.4, 0.5) is 0 Å². The number of carbonyl (C=O) groups excluding carboxylic acids is 3. The van der Waals surface area contributed by atoms with Crippen LogP contribution in [-0.2, 0) is 20.9 Å². The summed E-state index contributed by atoms with van der Waals surface area (Å²) in [7, 11) is 0. The summed E-state index contributed by atoms with van der Waals surface area (Å²) in [5.74, 6) is -1.78. The molecule has 3 saturated heterocycles. The zero-order valence-corrected chi connectivity index (χ0v) is 22.3. The van der Waals surface area contributed by atoms with E-state index in [4.69, 9.17) is 0 Å². The first kappa shape index (κ1) is 25.8. The lowest BCUT2D eigenvalue weighted by molar-refractivity contribution is -0.143. The van der Waals surface area contributed by atoms with Crippen LogP contribution in [0.25, 0.3) is 0 Å². The molecule has 196 valence electrons. The molecule has 0 saturated carbocycles. The van der Waals surface area contributed by atoms with Crippen molar-refractivity contribution < 1.29 is 19.5 Å². The van der Waals surface area contributed by atoms with Crippen molar-refractivity contribution in [1.82, 2.24) is 15.5 Å². The van der Waals surface area contributed by atoms with Crippen molar-refractivity contribution in [2.45, 2.75) is 67.8 Å². The van der Waals surface area contributed by atoms with Gasteiger partial charge in [0, 0.05) is 17.3 Å². The molecule has 37 heavy (non-hydrogen) atoms. The van der Waals surface area contributed by atoms with Crippen LogP contribution in [0.5, 0.6) is 0 Å². The lowest BCUT2D eigenvalue weighted by Gasteiger charge is -2.37. The number of hydrogen-bond acceptors (Lipinski definition) is 5. The molecule has 3 aliphatic heterocycles. The Hall–Kier alpha value is -2.84. The molecule has 1 spiro atoms. The number of nitrogens with zero attached hydrogens (tertiary/aromatic N) is 1. The van der Waals surface area contributed by atoms with Crippen LogP contribution in [0.3, 0.4) is 0 Å². The average molecular weight is 522 g/mol. The van der Waals surface area contributed by atoms with E-state index in [0.29, 0.717) is 13.0 Å². The summed E-state index contributed by atoms with van der Waals surface area (Å²) >= 11 is 1.64. The van der Waals surface area contributed by atoms with E-state index in [1.807, 2.05) is 74.5 Å².